The summed E-state index contributed by atoms with van der Waals surface area (Å²) in [6.07, 6.45) is 1.77. The number of amides is 1. The van der Waals surface area contributed by atoms with E-state index in [-0.39, 0.29) is 11.7 Å². The molecule has 4 rings (SSSR count). The third kappa shape index (κ3) is 3.75. The van der Waals surface area contributed by atoms with Gasteiger partial charge in [0.2, 0.25) is 5.82 Å². The van der Waals surface area contributed by atoms with E-state index in [2.05, 4.69) is 25.3 Å². The monoisotopic (exact) mass is 398 g/mol. The average Bonchev–Trinajstić information content (AvgIpc) is 3.13. The van der Waals surface area contributed by atoms with Gasteiger partial charge in [0.15, 0.2) is 5.65 Å². The molecule has 0 atom stereocenters. The van der Waals surface area contributed by atoms with E-state index < -0.39 is 0 Å². The Morgan fingerprint density at radius 3 is 2.89 bits per heavy atom. The number of nitrogens with one attached hydrogen (secondary N) is 1. The summed E-state index contributed by atoms with van der Waals surface area (Å²) in [6, 6.07) is 7.59. The first-order valence-corrected chi connectivity index (χ1v) is 10.2. The van der Waals surface area contributed by atoms with Crippen LogP contribution in [-0.2, 0) is 13.6 Å². The molecule has 0 bridgehead atoms. The van der Waals surface area contributed by atoms with Crippen molar-refractivity contribution in [1.82, 2.24) is 25.1 Å². The fourth-order valence-electron chi connectivity index (χ4n) is 3.17. The topological polar surface area (TPSA) is 85.2 Å². The van der Waals surface area contributed by atoms with Crippen LogP contribution in [0.25, 0.3) is 11.0 Å². The molecule has 1 aliphatic heterocycles. The highest BCUT2D eigenvalue weighted by molar-refractivity contribution is 7.99. The summed E-state index contributed by atoms with van der Waals surface area (Å²) in [5.41, 5.74) is 1.61. The lowest BCUT2D eigenvalue weighted by Crippen LogP contribution is -2.34. The predicted octanol–water partition coefficient (Wildman–Crippen LogP) is 1.86. The number of ether oxygens (including phenoxy) is 1. The van der Waals surface area contributed by atoms with Gasteiger partial charge in [-0.2, -0.15) is 16.9 Å². The minimum Gasteiger partial charge on any atom is -0.497 e. The Morgan fingerprint density at radius 1 is 1.29 bits per heavy atom. The molecular formula is C19H22N6O2S. The van der Waals surface area contributed by atoms with Crippen LogP contribution in [-0.4, -0.2) is 57.4 Å². The van der Waals surface area contributed by atoms with Gasteiger partial charge in [0.1, 0.15) is 11.6 Å². The molecule has 1 N–H and O–H groups in total. The molecule has 146 valence electrons. The SMILES string of the molecule is COc1cccc(CNC(=O)c2nc(N3CCSCC3)c3cnn(C)c3n2)c1. The second kappa shape index (κ2) is 8.05. The number of hydrogen-bond donors (Lipinski definition) is 1. The lowest BCUT2D eigenvalue weighted by Gasteiger charge is -2.27. The summed E-state index contributed by atoms with van der Waals surface area (Å²) >= 11 is 1.93. The minimum absolute atomic E-state index is 0.159. The van der Waals surface area contributed by atoms with Crippen molar-refractivity contribution in [3.63, 3.8) is 0 Å². The number of methoxy groups -OCH3 is 1. The van der Waals surface area contributed by atoms with Crippen LogP contribution >= 0.6 is 11.8 Å². The molecule has 1 saturated heterocycles. The third-order valence-electron chi connectivity index (χ3n) is 4.67. The van der Waals surface area contributed by atoms with Crippen LogP contribution in [0.2, 0.25) is 0 Å². The summed E-state index contributed by atoms with van der Waals surface area (Å²) in [5, 5.41) is 8.08. The lowest BCUT2D eigenvalue weighted by molar-refractivity contribution is 0.0941. The smallest absolute Gasteiger partial charge is 0.289 e. The molecule has 9 heteroatoms. The summed E-state index contributed by atoms with van der Waals surface area (Å²) in [6.45, 7) is 2.17. The summed E-state index contributed by atoms with van der Waals surface area (Å²) < 4.78 is 6.91. The molecule has 1 aliphatic rings. The fraction of sp³-hybridized carbons (Fsp3) is 0.368. The number of anilines is 1. The zero-order valence-electron chi connectivity index (χ0n) is 15.9. The number of hydrogen-bond acceptors (Lipinski definition) is 7. The Morgan fingerprint density at radius 2 is 2.11 bits per heavy atom. The van der Waals surface area contributed by atoms with Gasteiger partial charge in [-0.15, -0.1) is 0 Å². The highest BCUT2D eigenvalue weighted by Crippen LogP contribution is 2.26. The molecule has 0 aliphatic carbocycles. The zero-order valence-corrected chi connectivity index (χ0v) is 16.7. The molecular weight excluding hydrogens is 376 g/mol. The van der Waals surface area contributed by atoms with Crippen molar-refractivity contribution in [3.8, 4) is 5.75 Å². The average molecular weight is 398 g/mol. The Balaban J connectivity index is 1.60. The van der Waals surface area contributed by atoms with Gasteiger partial charge in [0, 0.05) is 38.2 Å². The molecule has 1 aromatic carbocycles. The normalized spacial score (nSPS) is 14.3. The lowest BCUT2D eigenvalue weighted by atomic mass is 10.2. The maximum atomic E-state index is 12.8. The summed E-state index contributed by atoms with van der Waals surface area (Å²) in [5.74, 6) is 3.48. The van der Waals surface area contributed by atoms with Crippen molar-refractivity contribution in [3.05, 3.63) is 41.9 Å². The largest absolute Gasteiger partial charge is 0.497 e. The van der Waals surface area contributed by atoms with E-state index >= 15 is 0 Å². The van der Waals surface area contributed by atoms with Crippen LogP contribution in [0.4, 0.5) is 5.82 Å². The second-order valence-corrected chi connectivity index (χ2v) is 7.73. The van der Waals surface area contributed by atoms with Crippen LogP contribution in [0.5, 0.6) is 5.75 Å². The maximum absolute atomic E-state index is 12.8. The Labute approximate surface area is 167 Å². The van der Waals surface area contributed by atoms with E-state index in [0.29, 0.717) is 12.2 Å². The first-order chi connectivity index (χ1) is 13.7. The first kappa shape index (κ1) is 18.5. The van der Waals surface area contributed by atoms with Crippen LogP contribution in [0.15, 0.2) is 30.5 Å². The van der Waals surface area contributed by atoms with E-state index in [1.165, 1.54) is 0 Å². The number of nitrogens with zero attached hydrogens (tertiary/aromatic N) is 5. The van der Waals surface area contributed by atoms with Crippen LogP contribution in [0.1, 0.15) is 16.2 Å². The quantitative estimate of drug-likeness (QED) is 0.702. The Kier molecular flexibility index (Phi) is 5.34. The molecule has 3 aromatic rings. The van der Waals surface area contributed by atoms with Crippen molar-refractivity contribution in [2.75, 3.05) is 36.6 Å². The van der Waals surface area contributed by atoms with Crippen LogP contribution < -0.4 is 15.0 Å². The standard InChI is InChI=1S/C19H22N6O2S/c1-24-17-15(12-21-24)18(25-6-8-28-9-7-25)23-16(22-17)19(26)20-11-13-4-3-5-14(10-13)27-2/h3-5,10,12H,6-9,11H2,1-2H3,(H,20,26). The van der Waals surface area contributed by atoms with Gasteiger partial charge in [-0.05, 0) is 17.7 Å². The second-order valence-electron chi connectivity index (χ2n) is 6.51. The van der Waals surface area contributed by atoms with Gasteiger partial charge in [-0.25, -0.2) is 9.97 Å². The van der Waals surface area contributed by atoms with Gasteiger partial charge in [0.05, 0.1) is 18.7 Å². The van der Waals surface area contributed by atoms with Crippen LogP contribution in [0.3, 0.4) is 0 Å². The number of rotatable bonds is 5. The van der Waals surface area contributed by atoms with E-state index in [1.807, 2.05) is 43.1 Å². The van der Waals surface area contributed by atoms with Gasteiger partial charge in [-0.1, -0.05) is 12.1 Å². The molecule has 0 unspecified atom stereocenters. The first-order valence-electron chi connectivity index (χ1n) is 9.09. The van der Waals surface area contributed by atoms with Gasteiger partial charge in [-0.3, -0.25) is 9.48 Å². The van der Waals surface area contributed by atoms with E-state index in [0.717, 1.165) is 47.1 Å². The van der Waals surface area contributed by atoms with Crippen molar-refractivity contribution in [2.24, 2.45) is 7.05 Å². The zero-order chi connectivity index (χ0) is 19.5. The molecule has 28 heavy (non-hydrogen) atoms. The fourth-order valence-corrected chi connectivity index (χ4v) is 4.07. The van der Waals surface area contributed by atoms with Crippen molar-refractivity contribution in [1.29, 1.82) is 0 Å². The van der Waals surface area contributed by atoms with E-state index in [4.69, 9.17) is 4.74 Å². The Hall–Kier alpha value is -2.81. The number of thioether (sulfide) groups is 1. The number of fused-ring (bicyclic) bond motifs is 1. The molecule has 2 aromatic heterocycles. The number of benzene rings is 1. The summed E-state index contributed by atoms with van der Waals surface area (Å²) in [7, 11) is 3.44. The highest BCUT2D eigenvalue weighted by Gasteiger charge is 2.21. The van der Waals surface area contributed by atoms with Gasteiger partial charge < -0.3 is 15.0 Å². The number of carbonyl (C=O) groups excluding carboxylic acids is 1. The maximum Gasteiger partial charge on any atom is 0.289 e. The Bertz CT molecular complexity index is 999. The van der Waals surface area contributed by atoms with Gasteiger partial charge in [0.25, 0.3) is 5.91 Å². The van der Waals surface area contributed by atoms with Crippen LogP contribution in [0, 0.1) is 0 Å². The highest BCUT2D eigenvalue weighted by atomic mass is 32.2. The number of aryl methyl sites for hydroxylation is 1. The molecule has 0 saturated carbocycles. The van der Waals surface area contributed by atoms with Crippen molar-refractivity contribution >= 4 is 34.5 Å². The van der Waals surface area contributed by atoms with E-state index in [9.17, 15) is 4.79 Å². The molecule has 8 nitrogen and oxygen atoms in total. The number of carbonyl (C=O) groups is 1. The van der Waals surface area contributed by atoms with E-state index in [1.54, 1.807) is 18.0 Å². The molecule has 0 radical (unpaired) electrons. The summed E-state index contributed by atoms with van der Waals surface area (Å²) in [4.78, 5) is 24.0. The molecule has 1 fully saturated rings. The molecule has 3 heterocycles. The predicted molar refractivity (Wildman–Crippen MR) is 110 cm³/mol. The van der Waals surface area contributed by atoms with Crippen molar-refractivity contribution in [2.45, 2.75) is 6.54 Å². The number of aromatic nitrogens is 4. The minimum atomic E-state index is -0.307. The van der Waals surface area contributed by atoms with Crippen molar-refractivity contribution < 1.29 is 9.53 Å². The van der Waals surface area contributed by atoms with Gasteiger partial charge >= 0.3 is 0 Å². The third-order valence-corrected chi connectivity index (χ3v) is 5.62. The molecule has 1 amide bonds. The molecule has 0 spiro atoms.